The molecule has 0 bridgehead atoms. The minimum Gasteiger partial charge on any atom is -0.460 e. The Labute approximate surface area is 175 Å². The molecule has 0 aliphatic carbocycles. The van der Waals surface area contributed by atoms with Crippen LogP contribution in [-0.2, 0) is 6.42 Å². The van der Waals surface area contributed by atoms with Gasteiger partial charge in [0.05, 0.1) is 5.69 Å². The highest BCUT2D eigenvalue weighted by Gasteiger charge is 2.20. The third-order valence-electron chi connectivity index (χ3n) is 4.91. The summed E-state index contributed by atoms with van der Waals surface area (Å²) in [6, 6.07) is 17.4. The molecule has 0 saturated carbocycles. The Morgan fingerprint density at radius 2 is 1.93 bits per heavy atom. The smallest absolute Gasteiger partial charge is 0.270 e. The van der Waals surface area contributed by atoms with Crippen molar-refractivity contribution < 1.29 is 9.21 Å². The number of nitrogens with one attached hydrogen (secondary N) is 1. The predicted molar refractivity (Wildman–Crippen MR) is 116 cm³/mol. The van der Waals surface area contributed by atoms with Crippen molar-refractivity contribution in [3.63, 3.8) is 0 Å². The molecule has 0 aliphatic heterocycles. The lowest BCUT2D eigenvalue weighted by Crippen LogP contribution is -2.28. The van der Waals surface area contributed by atoms with Crippen LogP contribution in [0, 0.1) is 20.8 Å². The number of rotatable bonds is 6. The summed E-state index contributed by atoms with van der Waals surface area (Å²) in [4.78, 5) is 17.3. The van der Waals surface area contributed by atoms with Crippen LogP contribution in [0.25, 0.3) is 17.1 Å². The van der Waals surface area contributed by atoms with Gasteiger partial charge in [-0.25, -0.2) is 4.68 Å². The first-order valence-corrected chi connectivity index (χ1v) is 9.94. The van der Waals surface area contributed by atoms with E-state index in [2.05, 4.69) is 16.4 Å². The Bertz CT molecular complexity index is 1180. The van der Waals surface area contributed by atoms with Gasteiger partial charge in [-0.2, -0.15) is 5.10 Å². The Morgan fingerprint density at radius 1 is 1.07 bits per heavy atom. The molecule has 1 aromatic carbocycles. The standard InChI is InChI=1S/C24H24N4O2/c1-16-7-9-21(17(2)14-16)28-22(15-20(27-28)23-10-8-18(3)30-23)24(29)26-13-11-19-6-4-5-12-25-19/h4-10,12,14-15H,11,13H2,1-3H3,(H,26,29). The number of amides is 1. The molecule has 4 aromatic rings. The number of aromatic nitrogens is 3. The maximum atomic E-state index is 13.0. The third kappa shape index (κ3) is 4.17. The number of furan rings is 1. The van der Waals surface area contributed by atoms with E-state index in [9.17, 15) is 4.79 Å². The van der Waals surface area contributed by atoms with Crippen LogP contribution < -0.4 is 5.32 Å². The number of aryl methyl sites for hydroxylation is 3. The van der Waals surface area contributed by atoms with Gasteiger partial charge in [-0.15, -0.1) is 0 Å². The first kappa shape index (κ1) is 19.6. The van der Waals surface area contributed by atoms with Crippen molar-refractivity contribution in [2.24, 2.45) is 0 Å². The van der Waals surface area contributed by atoms with Crippen molar-refractivity contribution in [3.8, 4) is 17.1 Å². The monoisotopic (exact) mass is 400 g/mol. The molecule has 6 heteroatoms. The van der Waals surface area contributed by atoms with Gasteiger partial charge >= 0.3 is 0 Å². The lowest BCUT2D eigenvalue weighted by Gasteiger charge is -2.11. The predicted octanol–water partition coefficient (Wildman–Crippen LogP) is 4.43. The van der Waals surface area contributed by atoms with Crippen LogP contribution in [-0.4, -0.2) is 27.2 Å². The van der Waals surface area contributed by atoms with E-state index in [1.54, 1.807) is 16.9 Å². The van der Waals surface area contributed by atoms with Crippen molar-refractivity contribution in [1.29, 1.82) is 0 Å². The first-order chi connectivity index (χ1) is 14.5. The molecule has 0 aliphatic rings. The summed E-state index contributed by atoms with van der Waals surface area (Å²) in [7, 11) is 0. The van der Waals surface area contributed by atoms with Crippen molar-refractivity contribution >= 4 is 5.91 Å². The molecule has 30 heavy (non-hydrogen) atoms. The van der Waals surface area contributed by atoms with Crippen LogP contribution in [0.5, 0.6) is 0 Å². The van der Waals surface area contributed by atoms with E-state index in [0.717, 1.165) is 28.3 Å². The van der Waals surface area contributed by atoms with Gasteiger partial charge in [0.15, 0.2) is 5.76 Å². The minimum absolute atomic E-state index is 0.187. The molecular formula is C24H24N4O2. The number of benzene rings is 1. The van der Waals surface area contributed by atoms with E-state index in [0.29, 0.717) is 30.1 Å². The highest BCUT2D eigenvalue weighted by atomic mass is 16.3. The van der Waals surface area contributed by atoms with Gasteiger partial charge in [0.25, 0.3) is 5.91 Å². The summed E-state index contributed by atoms with van der Waals surface area (Å²) < 4.78 is 7.42. The number of nitrogens with zero attached hydrogens (tertiary/aromatic N) is 3. The second-order valence-electron chi connectivity index (χ2n) is 7.35. The number of carbonyl (C=O) groups is 1. The van der Waals surface area contributed by atoms with Gasteiger partial charge in [-0.05, 0) is 56.7 Å². The molecule has 152 valence electrons. The fourth-order valence-corrected chi connectivity index (χ4v) is 3.40. The average Bonchev–Trinajstić information content (AvgIpc) is 3.35. The van der Waals surface area contributed by atoms with Crippen LogP contribution in [0.2, 0.25) is 0 Å². The largest absolute Gasteiger partial charge is 0.460 e. The van der Waals surface area contributed by atoms with Crippen molar-refractivity contribution in [2.75, 3.05) is 6.54 Å². The number of pyridine rings is 1. The van der Waals surface area contributed by atoms with Crippen LogP contribution >= 0.6 is 0 Å². The molecule has 0 saturated heterocycles. The lowest BCUT2D eigenvalue weighted by atomic mass is 10.1. The summed E-state index contributed by atoms with van der Waals surface area (Å²) in [5, 5.41) is 7.68. The molecule has 0 spiro atoms. The normalized spacial score (nSPS) is 10.9. The first-order valence-electron chi connectivity index (χ1n) is 9.94. The van der Waals surface area contributed by atoms with E-state index in [-0.39, 0.29) is 5.91 Å². The topological polar surface area (TPSA) is 73.0 Å². The molecule has 0 fully saturated rings. The summed E-state index contributed by atoms with van der Waals surface area (Å²) in [5.74, 6) is 1.25. The Kier molecular flexibility index (Phi) is 5.48. The molecule has 6 nitrogen and oxygen atoms in total. The molecule has 0 radical (unpaired) electrons. The SMILES string of the molecule is Cc1ccc(-n2nc(-c3ccc(C)o3)cc2C(=O)NCCc2ccccn2)c(C)c1. The van der Waals surface area contributed by atoms with E-state index in [1.807, 2.05) is 63.2 Å². The summed E-state index contributed by atoms with van der Waals surface area (Å²) in [6.45, 7) is 6.44. The van der Waals surface area contributed by atoms with Crippen molar-refractivity contribution in [2.45, 2.75) is 27.2 Å². The zero-order valence-corrected chi connectivity index (χ0v) is 17.3. The van der Waals surface area contributed by atoms with E-state index in [4.69, 9.17) is 9.52 Å². The summed E-state index contributed by atoms with van der Waals surface area (Å²) >= 11 is 0. The van der Waals surface area contributed by atoms with Crippen molar-refractivity contribution in [1.82, 2.24) is 20.1 Å². The maximum Gasteiger partial charge on any atom is 0.270 e. The Hall–Kier alpha value is -3.67. The fourth-order valence-electron chi connectivity index (χ4n) is 3.40. The highest BCUT2D eigenvalue weighted by molar-refractivity contribution is 5.94. The maximum absolute atomic E-state index is 13.0. The molecule has 3 heterocycles. The molecule has 1 amide bonds. The average molecular weight is 400 g/mol. The lowest BCUT2D eigenvalue weighted by molar-refractivity contribution is 0.0946. The van der Waals surface area contributed by atoms with Gasteiger partial charge in [0, 0.05) is 30.9 Å². The number of carbonyl (C=O) groups excluding carboxylic acids is 1. The van der Waals surface area contributed by atoms with E-state index < -0.39 is 0 Å². The third-order valence-corrected chi connectivity index (χ3v) is 4.91. The van der Waals surface area contributed by atoms with Crippen LogP contribution in [0.4, 0.5) is 0 Å². The molecule has 3 aromatic heterocycles. The number of hydrogen-bond acceptors (Lipinski definition) is 4. The molecule has 0 unspecified atom stereocenters. The molecular weight excluding hydrogens is 376 g/mol. The molecule has 1 N–H and O–H groups in total. The van der Waals surface area contributed by atoms with Crippen LogP contribution in [0.3, 0.4) is 0 Å². The Morgan fingerprint density at radius 3 is 2.63 bits per heavy atom. The minimum atomic E-state index is -0.187. The van der Waals surface area contributed by atoms with E-state index >= 15 is 0 Å². The quantitative estimate of drug-likeness (QED) is 0.520. The van der Waals surface area contributed by atoms with Gasteiger partial charge in [-0.1, -0.05) is 23.8 Å². The summed E-state index contributed by atoms with van der Waals surface area (Å²) in [5.41, 5.74) is 5.09. The van der Waals surface area contributed by atoms with E-state index in [1.165, 1.54) is 0 Å². The Balaban J connectivity index is 1.64. The zero-order valence-electron chi connectivity index (χ0n) is 17.3. The second kappa shape index (κ2) is 8.37. The second-order valence-corrected chi connectivity index (χ2v) is 7.35. The van der Waals surface area contributed by atoms with Crippen LogP contribution in [0.15, 0.2) is 65.2 Å². The molecule has 4 rings (SSSR count). The van der Waals surface area contributed by atoms with Gasteiger partial charge in [0.1, 0.15) is 17.1 Å². The zero-order chi connectivity index (χ0) is 21.1. The molecule has 0 atom stereocenters. The summed E-state index contributed by atoms with van der Waals surface area (Å²) in [6.07, 6.45) is 2.42. The van der Waals surface area contributed by atoms with Crippen LogP contribution in [0.1, 0.15) is 33.1 Å². The van der Waals surface area contributed by atoms with Crippen molar-refractivity contribution in [3.05, 3.63) is 89.1 Å². The fraction of sp³-hybridized carbons (Fsp3) is 0.208. The van der Waals surface area contributed by atoms with Gasteiger partial charge in [-0.3, -0.25) is 9.78 Å². The number of hydrogen-bond donors (Lipinski definition) is 1. The highest BCUT2D eigenvalue weighted by Crippen LogP contribution is 2.25. The van der Waals surface area contributed by atoms with Gasteiger partial charge < -0.3 is 9.73 Å². The van der Waals surface area contributed by atoms with Gasteiger partial charge in [0.2, 0.25) is 0 Å².